The highest BCUT2D eigenvalue weighted by Crippen LogP contribution is 2.49. The van der Waals surface area contributed by atoms with E-state index in [2.05, 4.69) is 25.1 Å². The molecule has 0 saturated heterocycles. The van der Waals surface area contributed by atoms with Gasteiger partial charge < -0.3 is 14.2 Å². The Morgan fingerprint density at radius 1 is 0.929 bits per heavy atom. The van der Waals surface area contributed by atoms with Crippen LogP contribution in [0.1, 0.15) is 47.7 Å². The molecule has 28 heavy (non-hydrogen) atoms. The molecule has 2 aromatic carbocycles. The molecule has 148 valence electrons. The number of carbonyl (C=O) groups is 1. The number of hydrogen-bond acceptors (Lipinski definition) is 4. The minimum absolute atomic E-state index is 0.119. The van der Waals surface area contributed by atoms with E-state index in [-0.39, 0.29) is 11.2 Å². The highest BCUT2D eigenvalue weighted by molar-refractivity contribution is 6.02. The minimum atomic E-state index is 0.119. The van der Waals surface area contributed by atoms with Gasteiger partial charge in [0, 0.05) is 30.1 Å². The van der Waals surface area contributed by atoms with Crippen molar-refractivity contribution >= 4 is 5.78 Å². The Balaban J connectivity index is 1.78. The highest BCUT2D eigenvalue weighted by atomic mass is 16.5. The van der Waals surface area contributed by atoms with E-state index in [0.29, 0.717) is 19.6 Å². The van der Waals surface area contributed by atoms with Crippen molar-refractivity contribution in [3.63, 3.8) is 0 Å². The molecule has 0 radical (unpaired) electrons. The third kappa shape index (κ3) is 3.30. The zero-order chi connectivity index (χ0) is 19.7. The number of fused-ring (bicyclic) bond motifs is 1. The maximum Gasteiger partial charge on any atom is 0.169 e. The van der Waals surface area contributed by atoms with Crippen LogP contribution in [0.3, 0.4) is 0 Å². The first kappa shape index (κ1) is 19.0. The first-order chi connectivity index (χ1) is 13.6. The summed E-state index contributed by atoms with van der Waals surface area (Å²) in [6.07, 6.45) is 4.50. The first-order valence-electron chi connectivity index (χ1n) is 10.1. The van der Waals surface area contributed by atoms with E-state index in [9.17, 15) is 4.79 Å². The molecule has 4 heteroatoms. The largest absolute Gasteiger partial charge is 0.493 e. The lowest BCUT2D eigenvalue weighted by Crippen LogP contribution is -2.19. The molecule has 0 bridgehead atoms. The molecule has 0 unspecified atom stereocenters. The van der Waals surface area contributed by atoms with E-state index in [1.165, 1.54) is 0 Å². The number of ether oxygens (including phenoxy) is 3. The smallest absolute Gasteiger partial charge is 0.169 e. The molecule has 4 rings (SSSR count). The Hall–Kier alpha value is -2.33. The van der Waals surface area contributed by atoms with Gasteiger partial charge in [-0.2, -0.15) is 0 Å². The lowest BCUT2D eigenvalue weighted by molar-refractivity contribution is 0.0994. The zero-order valence-electron chi connectivity index (χ0n) is 17.0. The molecule has 0 N–H and O–H groups in total. The van der Waals surface area contributed by atoms with Gasteiger partial charge in [0.15, 0.2) is 17.3 Å². The number of aryl methyl sites for hydroxylation is 1. The van der Waals surface area contributed by atoms with E-state index >= 15 is 0 Å². The molecule has 0 heterocycles. The van der Waals surface area contributed by atoms with Crippen LogP contribution in [0, 0.1) is 5.41 Å². The molecular weight excluding hydrogens is 352 g/mol. The Labute approximate surface area is 166 Å². The molecule has 1 saturated carbocycles. The van der Waals surface area contributed by atoms with E-state index in [1.807, 2.05) is 12.1 Å². The van der Waals surface area contributed by atoms with Gasteiger partial charge in [0.1, 0.15) is 0 Å². The maximum atomic E-state index is 12.2. The summed E-state index contributed by atoms with van der Waals surface area (Å²) in [5.74, 6) is 1.82. The second kappa shape index (κ2) is 7.59. The number of methoxy groups -OCH3 is 2. The topological polar surface area (TPSA) is 44.8 Å². The molecule has 2 aliphatic rings. The Morgan fingerprint density at radius 3 is 2.39 bits per heavy atom. The fraction of sp³-hybridized carbons (Fsp3) is 0.458. The number of rotatable bonds is 8. The van der Waals surface area contributed by atoms with E-state index in [0.717, 1.165) is 65.0 Å². The molecule has 2 aliphatic carbocycles. The average molecular weight is 380 g/mol. The van der Waals surface area contributed by atoms with Crippen molar-refractivity contribution in [1.82, 2.24) is 0 Å². The Kier molecular flexibility index (Phi) is 5.15. The molecule has 2 aromatic rings. The van der Waals surface area contributed by atoms with Crippen molar-refractivity contribution in [3.8, 4) is 22.6 Å². The van der Waals surface area contributed by atoms with E-state index in [1.54, 1.807) is 14.2 Å². The fourth-order valence-electron chi connectivity index (χ4n) is 4.24. The van der Waals surface area contributed by atoms with Crippen molar-refractivity contribution in [2.45, 2.75) is 39.0 Å². The van der Waals surface area contributed by atoms with Gasteiger partial charge in [-0.3, -0.25) is 4.79 Å². The van der Waals surface area contributed by atoms with Crippen molar-refractivity contribution in [2.24, 2.45) is 5.41 Å². The standard InChI is InChI=1S/C24H28O4/c1-4-16-8-9-20(17-6-5-7-19-18(17)10-11-21(19)25)23(22(16)27-3)28-15-24(12-13-24)14-26-2/h5-9H,4,10-15H2,1-3H3. The lowest BCUT2D eigenvalue weighted by atomic mass is 9.94. The predicted octanol–water partition coefficient (Wildman–Crippen LogP) is 4.86. The molecule has 0 spiro atoms. The van der Waals surface area contributed by atoms with E-state index < -0.39 is 0 Å². The summed E-state index contributed by atoms with van der Waals surface area (Å²) in [7, 11) is 3.44. The van der Waals surface area contributed by atoms with Crippen LogP contribution in [0.5, 0.6) is 11.5 Å². The van der Waals surface area contributed by atoms with Crippen LogP contribution in [0.4, 0.5) is 0 Å². The monoisotopic (exact) mass is 380 g/mol. The third-order valence-corrected chi connectivity index (χ3v) is 6.08. The molecule has 0 aliphatic heterocycles. The fourth-order valence-corrected chi connectivity index (χ4v) is 4.24. The van der Waals surface area contributed by atoms with Crippen LogP contribution in [-0.2, 0) is 17.6 Å². The maximum absolute atomic E-state index is 12.2. The van der Waals surface area contributed by atoms with Crippen molar-refractivity contribution in [1.29, 1.82) is 0 Å². The Morgan fingerprint density at radius 2 is 1.71 bits per heavy atom. The summed E-state index contributed by atoms with van der Waals surface area (Å²) in [6.45, 7) is 3.45. The normalized spacial score (nSPS) is 16.8. The second-order valence-corrected chi connectivity index (χ2v) is 7.96. The molecule has 1 fully saturated rings. The van der Waals surface area contributed by atoms with Crippen LogP contribution >= 0.6 is 0 Å². The number of carbonyl (C=O) groups excluding carboxylic acids is 1. The zero-order valence-corrected chi connectivity index (χ0v) is 17.0. The lowest BCUT2D eigenvalue weighted by Gasteiger charge is -2.22. The second-order valence-electron chi connectivity index (χ2n) is 7.96. The number of hydrogen-bond donors (Lipinski definition) is 0. The third-order valence-electron chi connectivity index (χ3n) is 6.08. The average Bonchev–Trinajstić information content (AvgIpc) is 3.39. The molecule has 0 aromatic heterocycles. The number of benzene rings is 2. The quantitative estimate of drug-likeness (QED) is 0.656. The highest BCUT2D eigenvalue weighted by Gasteiger charge is 2.44. The van der Waals surface area contributed by atoms with Crippen LogP contribution in [0.15, 0.2) is 30.3 Å². The van der Waals surface area contributed by atoms with Gasteiger partial charge in [-0.1, -0.05) is 37.3 Å². The predicted molar refractivity (Wildman–Crippen MR) is 109 cm³/mol. The van der Waals surface area contributed by atoms with Crippen LogP contribution in [-0.4, -0.2) is 33.2 Å². The Bertz CT molecular complexity index is 896. The molecular formula is C24H28O4. The summed E-state index contributed by atoms with van der Waals surface area (Å²) < 4.78 is 17.6. The minimum Gasteiger partial charge on any atom is -0.493 e. The van der Waals surface area contributed by atoms with Gasteiger partial charge in [-0.15, -0.1) is 0 Å². The summed E-state index contributed by atoms with van der Waals surface area (Å²) in [5.41, 5.74) is 5.31. The van der Waals surface area contributed by atoms with Crippen LogP contribution in [0.25, 0.3) is 11.1 Å². The van der Waals surface area contributed by atoms with Crippen LogP contribution < -0.4 is 9.47 Å². The molecule has 0 amide bonds. The number of ketones is 1. The van der Waals surface area contributed by atoms with Crippen molar-refractivity contribution in [3.05, 3.63) is 47.0 Å². The summed E-state index contributed by atoms with van der Waals surface area (Å²) in [6, 6.07) is 10.2. The summed E-state index contributed by atoms with van der Waals surface area (Å²) >= 11 is 0. The summed E-state index contributed by atoms with van der Waals surface area (Å²) in [5, 5.41) is 0. The van der Waals surface area contributed by atoms with Crippen molar-refractivity contribution in [2.75, 3.05) is 27.4 Å². The SMILES string of the molecule is CCc1ccc(-c2cccc3c2CCC3=O)c(OCC2(COC)CC2)c1OC. The van der Waals surface area contributed by atoms with Gasteiger partial charge in [0.2, 0.25) is 0 Å². The van der Waals surface area contributed by atoms with Gasteiger partial charge in [-0.25, -0.2) is 0 Å². The molecule has 4 nitrogen and oxygen atoms in total. The van der Waals surface area contributed by atoms with Gasteiger partial charge in [0.05, 0.1) is 20.3 Å². The van der Waals surface area contributed by atoms with Crippen LogP contribution in [0.2, 0.25) is 0 Å². The van der Waals surface area contributed by atoms with E-state index in [4.69, 9.17) is 14.2 Å². The van der Waals surface area contributed by atoms with Gasteiger partial charge in [-0.05, 0) is 42.4 Å². The van der Waals surface area contributed by atoms with Gasteiger partial charge in [0.25, 0.3) is 0 Å². The van der Waals surface area contributed by atoms with Gasteiger partial charge >= 0.3 is 0 Å². The van der Waals surface area contributed by atoms with Crippen molar-refractivity contribution < 1.29 is 19.0 Å². The first-order valence-corrected chi connectivity index (χ1v) is 10.1. The number of Topliss-reactive ketones (excluding diaryl/α,β-unsaturated/α-hetero) is 1. The molecule has 0 atom stereocenters. The summed E-state index contributed by atoms with van der Waals surface area (Å²) in [4.78, 5) is 12.2.